The molecule has 1 atom stereocenters. The average molecular weight is 282 g/mol. The summed E-state index contributed by atoms with van der Waals surface area (Å²) in [5.41, 5.74) is 6.41. The predicted molar refractivity (Wildman–Crippen MR) is 75.6 cm³/mol. The van der Waals surface area contributed by atoms with E-state index in [1.54, 1.807) is 19.2 Å². The second kappa shape index (κ2) is 7.78. The zero-order chi connectivity index (χ0) is 14.3. The molecule has 6 heteroatoms. The summed E-state index contributed by atoms with van der Waals surface area (Å²) in [6, 6.07) is 3.52. The monoisotopic (exact) mass is 282 g/mol. The minimum atomic E-state index is -0.348. The Morgan fingerprint density at radius 2 is 2.21 bits per heavy atom. The molecular weight excluding hydrogens is 264 g/mol. The van der Waals surface area contributed by atoms with Gasteiger partial charge in [0.15, 0.2) is 5.12 Å². The molecule has 19 heavy (non-hydrogen) atoms. The van der Waals surface area contributed by atoms with E-state index < -0.39 is 0 Å². The van der Waals surface area contributed by atoms with E-state index in [4.69, 9.17) is 10.5 Å². The van der Waals surface area contributed by atoms with Gasteiger partial charge in [0.1, 0.15) is 5.82 Å². The highest BCUT2D eigenvalue weighted by Crippen LogP contribution is 2.17. The molecule has 0 saturated carbocycles. The Bertz CT molecular complexity index is 434. The van der Waals surface area contributed by atoms with Crippen molar-refractivity contribution in [1.29, 1.82) is 0 Å². The van der Waals surface area contributed by atoms with E-state index in [0.29, 0.717) is 24.6 Å². The molecule has 1 heterocycles. The van der Waals surface area contributed by atoms with Gasteiger partial charge in [-0.05, 0) is 25.0 Å². The van der Waals surface area contributed by atoms with Crippen molar-refractivity contribution in [2.24, 2.45) is 5.92 Å². The van der Waals surface area contributed by atoms with Crippen LogP contribution < -0.4 is 5.73 Å². The number of rotatable bonds is 6. The molecule has 0 amide bonds. The second-order valence-corrected chi connectivity index (χ2v) is 5.24. The lowest BCUT2D eigenvalue weighted by molar-refractivity contribution is -0.147. The van der Waals surface area contributed by atoms with Crippen LogP contribution in [0.4, 0.5) is 5.82 Å². The highest BCUT2D eigenvalue weighted by atomic mass is 32.2. The van der Waals surface area contributed by atoms with E-state index in [1.165, 1.54) is 6.92 Å². The Balaban J connectivity index is 2.69. The van der Waals surface area contributed by atoms with Crippen LogP contribution in [-0.4, -0.2) is 28.4 Å². The number of nitrogens with two attached hydrogens (primary N) is 1. The first kappa shape index (κ1) is 15.5. The fourth-order valence-corrected chi connectivity index (χ4v) is 2.22. The van der Waals surface area contributed by atoms with Gasteiger partial charge in [0, 0.05) is 18.9 Å². The van der Waals surface area contributed by atoms with Gasteiger partial charge in [-0.3, -0.25) is 9.59 Å². The summed E-state index contributed by atoms with van der Waals surface area (Å²) in [7, 11) is 0. The van der Waals surface area contributed by atoms with Crippen LogP contribution in [-0.2, 0) is 20.7 Å². The quantitative estimate of drug-likeness (QED) is 0.799. The molecule has 1 unspecified atom stereocenters. The third kappa shape index (κ3) is 5.74. The average Bonchev–Trinajstić information content (AvgIpc) is 2.36. The SMILES string of the molecule is CCOC(=O)C(CSC(C)=O)Cc1ccc(N)nc1. The number of nitrogens with zero attached hydrogens (tertiary/aromatic N) is 1. The Morgan fingerprint density at radius 1 is 1.47 bits per heavy atom. The van der Waals surface area contributed by atoms with Crippen LogP contribution in [0.5, 0.6) is 0 Å². The molecule has 1 rings (SSSR count). The molecule has 0 aliphatic rings. The van der Waals surface area contributed by atoms with Gasteiger partial charge in [0.25, 0.3) is 0 Å². The maximum atomic E-state index is 11.8. The van der Waals surface area contributed by atoms with E-state index in [-0.39, 0.29) is 17.0 Å². The van der Waals surface area contributed by atoms with Crippen molar-refractivity contribution in [2.75, 3.05) is 18.1 Å². The number of hydrogen-bond acceptors (Lipinski definition) is 6. The van der Waals surface area contributed by atoms with Gasteiger partial charge in [-0.2, -0.15) is 0 Å². The number of carbonyl (C=O) groups excluding carboxylic acids is 2. The summed E-state index contributed by atoms with van der Waals surface area (Å²) in [6.07, 6.45) is 2.13. The number of thioether (sulfide) groups is 1. The predicted octanol–water partition coefficient (Wildman–Crippen LogP) is 1.67. The van der Waals surface area contributed by atoms with Gasteiger partial charge in [-0.1, -0.05) is 17.8 Å². The van der Waals surface area contributed by atoms with Crippen molar-refractivity contribution in [1.82, 2.24) is 4.98 Å². The number of carbonyl (C=O) groups is 2. The summed E-state index contributed by atoms with van der Waals surface area (Å²) in [5.74, 6) is 0.223. The molecule has 0 spiro atoms. The van der Waals surface area contributed by atoms with Gasteiger partial charge in [-0.25, -0.2) is 4.98 Å². The molecular formula is C13H18N2O3S. The van der Waals surface area contributed by atoms with Crippen molar-refractivity contribution in [3.63, 3.8) is 0 Å². The maximum absolute atomic E-state index is 11.8. The van der Waals surface area contributed by atoms with Crippen LogP contribution in [0.15, 0.2) is 18.3 Å². The molecule has 0 fully saturated rings. The number of ether oxygens (including phenoxy) is 1. The highest BCUT2D eigenvalue weighted by Gasteiger charge is 2.21. The molecule has 2 N–H and O–H groups in total. The van der Waals surface area contributed by atoms with Crippen LogP contribution in [0, 0.1) is 5.92 Å². The molecule has 0 radical (unpaired) electrons. The van der Waals surface area contributed by atoms with Gasteiger partial charge in [-0.15, -0.1) is 0 Å². The molecule has 104 valence electrons. The normalized spacial score (nSPS) is 11.9. The standard InChI is InChI=1S/C13H18N2O3S/c1-3-18-13(17)11(8-19-9(2)16)6-10-4-5-12(14)15-7-10/h4-5,7,11H,3,6,8H2,1-2H3,(H2,14,15). The van der Waals surface area contributed by atoms with Crippen molar-refractivity contribution in [2.45, 2.75) is 20.3 Å². The van der Waals surface area contributed by atoms with Gasteiger partial charge >= 0.3 is 5.97 Å². The number of aromatic nitrogens is 1. The number of anilines is 1. The lowest BCUT2D eigenvalue weighted by Gasteiger charge is -2.14. The summed E-state index contributed by atoms with van der Waals surface area (Å²) in [4.78, 5) is 26.8. The fraction of sp³-hybridized carbons (Fsp3) is 0.462. The van der Waals surface area contributed by atoms with E-state index in [1.807, 2.05) is 6.07 Å². The lowest BCUT2D eigenvalue weighted by Crippen LogP contribution is -2.23. The largest absolute Gasteiger partial charge is 0.466 e. The lowest BCUT2D eigenvalue weighted by atomic mass is 10.0. The van der Waals surface area contributed by atoms with E-state index in [9.17, 15) is 9.59 Å². The Labute approximate surface area is 116 Å². The zero-order valence-electron chi connectivity index (χ0n) is 11.1. The molecule has 0 aromatic carbocycles. The maximum Gasteiger partial charge on any atom is 0.310 e. The fourth-order valence-electron chi connectivity index (χ4n) is 1.53. The first-order valence-corrected chi connectivity index (χ1v) is 7.02. The Kier molecular flexibility index (Phi) is 6.35. The van der Waals surface area contributed by atoms with E-state index in [0.717, 1.165) is 17.3 Å². The highest BCUT2D eigenvalue weighted by molar-refractivity contribution is 8.13. The topological polar surface area (TPSA) is 82.3 Å². The third-order valence-corrected chi connectivity index (χ3v) is 3.41. The molecule has 0 bridgehead atoms. The van der Waals surface area contributed by atoms with Crippen LogP contribution in [0.25, 0.3) is 0 Å². The molecule has 0 aliphatic heterocycles. The number of pyridine rings is 1. The molecule has 5 nitrogen and oxygen atoms in total. The summed E-state index contributed by atoms with van der Waals surface area (Å²) in [6.45, 7) is 3.58. The smallest absolute Gasteiger partial charge is 0.310 e. The number of hydrogen-bond donors (Lipinski definition) is 1. The first-order chi connectivity index (χ1) is 9.02. The number of esters is 1. The van der Waals surface area contributed by atoms with E-state index >= 15 is 0 Å². The molecule has 0 saturated heterocycles. The number of nitrogen functional groups attached to an aromatic ring is 1. The van der Waals surface area contributed by atoms with Gasteiger partial charge < -0.3 is 10.5 Å². The third-order valence-electron chi connectivity index (χ3n) is 2.44. The Hall–Kier alpha value is -1.56. The molecule has 1 aromatic heterocycles. The van der Waals surface area contributed by atoms with Crippen molar-refractivity contribution in [3.05, 3.63) is 23.9 Å². The Morgan fingerprint density at radius 3 is 2.74 bits per heavy atom. The minimum Gasteiger partial charge on any atom is -0.466 e. The van der Waals surface area contributed by atoms with Crippen molar-refractivity contribution in [3.8, 4) is 0 Å². The van der Waals surface area contributed by atoms with Crippen LogP contribution >= 0.6 is 11.8 Å². The molecule has 1 aromatic rings. The first-order valence-electron chi connectivity index (χ1n) is 6.03. The van der Waals surface area contributed by atoms with Gasteiger partial charge in [0.05, 0.1) is 12.5 Å². The summed E-state index contributed by atoms with van der Waals surface area (Å²) in [5, 5.41) is -0.00951. The van der Waals surface area contributed by atoms with Crippen LogP contribution in [0.3, 0.4) is 0 Å². The zero-order valence-corrected chi connectivity index (χ0v) is 11.9. The second-order valence-electron chi connectivity index (χ2n) is 4.05. The minimum absolute atomic E-state index is 0.00951. The van der Waals surface area contributed by atoms with E-state index in [2.05, 4.69) is 4.98 Å². The molecule has 0 aliphatic carbocycles. The van der Waals surface area contributed by atoms with Crippen molar-refractivity contribution >= 4 is 28.7 Å². The van der Waals surface area contributed by atoms with Crippen LogP contribution in [0.2, 0.25) is 0 Å². The summed E-state index contributed by atoms with van der Waals surface area (Å²) >= 11 is 1.13. The van der Waals surface area contributed by atoms with Gasteiger partial charge in [0.2, 0.25) is 0 Å². The van der Waals surface area contributed by atoms with Crippen molar-refractivity contribution < 1.29 is 14.3 Å². The van der Waals surface area contributed by atoms with Crippen LogP contribution in [0.1, 0.15) is 19.4 Å². The summed E-state index contributed by atoms with van der Waals surface area (Å²) < 4.78 is 5.02.